The molecular formula is C19H22ClN5O3S. The number of hydrogen-bond acceptors (Lipinski definition) is 9. The minimum absolute atomic E-state index is 0.0445. The number of hydrogen-bond donors (Lipinski definition) is 5. The number of nitrogens with one attached hydrogen (secondary N) is 1. The minimum atomic E-state index is -1.08. The molecule has 6 N–H and O–H groups in total. The summed E-state index contributed by atoms with van der Waals surface area (Å²) in [6.07, 6.45) is 0.192. The van der Waals surface area contributed by atoms with Crippen LogP contribution < -0.4 is 11.1 Å². The molecule has 29 heavy (non-hydrogen) atoms. The number of aliphatic hydroxyl groups is 3. The van der Waals surface area contributed by atoms with Gasteiger partial charge in [0.1, 0.15) is 17.5 Å². The van der Waals surface area contributed by atoms with Gasteiger partial charge in [-0.1, -0.05) is 23.4 Å². The van der Waals surface area contributed by atoms with E-state index >= 15 is 0 Å². The lowest BCUT2D eigenvalue weighted by molar-refractivity contribution is 0.00445. The number of rotatable bonds is 4. The van der Waals surface area contributed by atoms with Crippen LogP contribution in [0.1, 0.15) is 23.2 Å². The fourth-order valence-electron chi connectivity index (χ4n) is 3.20. The van der Waals surface area contributed by atoms with Crippen LogP contribution in [0.2, 0.25) is 5.15 Å². The first-order chi connectivity index (χ1) is 13.8. The molecule has 0 saturated heterocycles. The number of halogens is 1. The van der Waals surface area contributed by atoms with Crippen LogP contribution in [0.25, 0.3) is 0 Å². The molecule has 0 amide bonds. The lowest BCUT2D eigenvalue weighted by Crippen LogP contribution is -2.35. The molecule has 4 atom stereocenters. The molecule has 0 spiro atoms. The molecule has 154 valence electrons. The van der Waals surface area contributed by atoms with Crippen LogP contribution in [-0.4, -0.2) is 61.4 Å². The number of anilines is 2. The summed E-state index contributed by atoms with van der Waals surface area (Å²) >= 11 is 7.80. The molecule has 0 bridgehead atoms. The molecule has 0 aliphatic heterocycles. The Bertz CT molecular complexity index is 965. The van der Waals surface area contributed by atoms with E-state index in [9.17, 15) is 15.3 Å². The number of aliphatic hydroxyl groups excluding tert-OH is 3. The average Bonchev–Trinajstić information content (AvgIpc) is 2.96. The van der Waals surface area contributed by atoms with Crippen LogP contribution >= 0.6 is 23.4 Å². The summed E-state index contributed by atoms with van der Waals surface area (Å²) in [5.74, 6) is 5.77. The van der Waals surface area contributed by atoms with Crippen molar-refractivity contribution in [2.24, 2.45) is 5.92 Å². The standard InChI is InChI=1S/C19H22ClN5O3S/c1-9-10(4-6-14(22-9)29-2)3-5-12-17(20)24-19(21)25-18(12)23-13-7-11(8-26)15(27)16(13)28/h4,6,11,13,15-16,26-28H,7-8H2,1-2H3,(H3,21,23,24,25). The molecule has 0 radical (unpaired) electrons. The minimum Gasteiger partial charge on any atom is -0.396 e. The molecule has 2 heterocycles. The third-order valence-corrected chi connectivity index (χ3v) is 5.75. The Kier molecular flexibility index (Phi) is 6.82. The van der Waals surface area contributed by atoms with Crippen molar-refractivity contribution in [2.75, 3.05) is 23.9 Å². The normalized spacial score (nSPS) is 23.5. The molecule has 2 aromatic heterocycles. The van der Waals surface area contributed by atoms with E-state index in [1.54, 1.807) is 11.8 Å². The van der Waals surface area contributed by atoms with Gasteiger partial charge in [0.25, 0.3) is 0 Å². The number of pyridine rings is 1. The monoisotopic (exact) mass is 435 g/mol. The second-order valence-corrected chi connectivity index (χ2v) is 7.93. The summed E-state index contributed by atoms with van der Waals surface area (Å²) in [6, 6.07) is 3.22. The first-order valence-electron chi connectivity index (χ1n) is 8.94. The van der Waals surface area contributed by atoms with Crippen molar-refractivity contribution in [1.82, 2.24) is 15.0 Å². The van der Waals surface area contributed by atoms with Crippen molar-refractivity contribution < 1.29 is 15.3 Å². The Morgan fingerprint density at radius 1 is 1.24 bits per heavy atom. The second kappa shape index (κ2) is 9.15. The van der Waals surface area contributed by atoms with E-state index in [2.05, 4.69) is 32.1 Å². The molecule has 10 heteroatoms. The van der Waals surface area contributed by atoms with Gasteiger partial charge in [-0.2, -0.15) is 9.97 Å². The fourth-order valence-corrected chi connectivity index (χ4v) is 3.86. The predicted molar refractivity (Wildman–Crippen MR) is 113 cm³/mol. The van der Waals surface area contributed by atoms with Crippen LogP contribution in [0.15, 0.2) is 17.2 Å². The van der Waals surface area contributed by atoms with E-state index in [4.69, 9.17) is 17.3 Å². The van der Waals surface area contributed by atoms with Crippen molar-refractivity contribution in [3.63, 3.8) is 0 Å². The van der Waals surface area contributed by atoms with Crippen LogP contribution in [0.5, 0.6) is 0 Å². The van der Waals surface area contributed by atoms with Crippen molar-refractivity contribution in [1.29, 1.82) is 0 Å². The summed E-state index contributed by atoms with van der Waals surface area (Å²) in [7, 11) is 0. The van der Waals surface area contributed by atoms with E-state index in [1.807, 2.05) is 25.3 Å². The smallest absolute Gasteiger partial charge is 0.223 e. The van der Waals surface area contributed by atoms with Gasteiger partial charge in [0, 0.05) is 18.1 Å². The molecular weight excluding hydrogens is 414 g/mol. The number of nitrogens with two attached hydrogens (primary N) is 1. The van der Waals surface area contributed by atoms with Gasteiger partial charge in [-0.05, 0) is 31.7 Å². The zero-order valence-corrected chi connectivity index (χ0v) is 17.5. The topological polar surface area (TPSA) is 137 Å². The Balaban J connectivity index is 1.93. The van der Waals surface area contributed by atoms with Gasteiger partial charge in [-0.3, -0.25) is 0 Å². The summed E-state index contributed by atoms with van der Waals surface area (Å²) in [4.78, 5) is 12.6. The molecule has 4 unspecified atom stereocenters. The van der Waals surface area contributed by atoms with Crippen LogP contribution in [0.4, 0.5) is 11.8 Å². The highest BCUT2D eigenvalue weighted by Gasteiger charge is 2.41. The van der Waals surface area contributed by atoms with Crippen LogP contribution in [-0.2, 0) is 0 Å². The maximum atomic E-state index is 10.3. The zero-order valence-electron chi connectivity index (χ0n) is 15.9. The number of nitrogens with zero attached hydrogens (tertiary/aromatic N) is 3. The average molecular weight is 436 g/mol. The largest absolute Gasteiger partial charge is 0.396 e. The van der Waals surface area contributed by atoms with E-state index in [1.165, 1.54) is 0 Å². The fraction of sp³-hybridized carbons (Fsp3) is 0.421. The molecule has 1 aliphatic rings. The molecule has 1 aliphatic carbocycles. The maximum Gasteiger partial charge on any atom is 0.223 e. The van der Waals surface area contributed by atoms with Gasteiger partial charge >= 0.3 is 0 Å². The Labute approximate surface area is 177 Å². The lowest BCUT2D eigenvalue weighted by Gasteiger charge is -2.19. The molecule has 0 aromatic carbocycles. The highest BCUT2D eigenvalue weighted by atomic mass is 35.5. The van der Waals surface area contributed by atoms with Gasteiger partial charge in [0.05, 0.1) is 22.9 Å². The zero-order chi connectivity index (χ0) is 21.1. The number of aryl methyl sites for hydroxylation is 1. The van der Waals surface area contributed by atoms with Gasteiger partial charge in [0.15, 0.2) is 5.15 Å². The third-order valence-electron chi connectivity index (χ3n) is 4.83. The van der Waals surface area contributed by atoms with E-state index in [-0.39, 0.29) is 23.5 Å². The Hall–Kier alpha value is -2.09. The molecule has 8 nitrogen and oxygen atoms in total. The summed E-state index contributed by atoms with van der Waals surface area (Å²) < 4.78 is 0. The van der Waals surface area contributed by atoms with Gasteiger partial charge in [0.2, 0.25) is 5.95 Å². The molecule has 2 aromatic rings. The SMILES string of the molecule is CSc1ccc(C#Cc2c(Cl)nc(N)nc2NC2CC(CO)C(O)C2O)c(C)n1. The highest BCUT2D eigenvalue weighted by molar-refractivity contribution is 7.98. The molecule has 1 fully saturated rings. The van der Waals surface area contributed by atoms with Gasteiger partial charge in [-0.15, -0.1) is 11.8 Å². The summed E-state index contributed by atoms with van der Waals surface area (Å²) in [6.45, 7) is 1.64. The van der Waals surface area contributed by atoms with Crippen LogP contribution in [0.3, 0.4) is 0 Å². The molecule has 1 saturated carbocycles. The quantitative estimate of drug-likeness (QED) is 0.271. The molecule has 3 rings (SSSR count). The third kappa shape index (κ3) is 4.74. The Morgan fingerprint density at radius 3 is 2.62 bits per heavy atom. The second-order valence-electron chi connectivity index (χ2n) is 6.74. The first-order valence-corrected chi connectivity index (χ1v) is 10.5. The van der Waals surface area contributed by atoms with Crippen molar-refractivity contribution in [3.05, 3.63) is 34.1 Å². The van der Waals surface area contributed by atoms with Crippen molar-refractivity contribution in [2.45, 2.75) is 36.6 Å². The van der Waals surface area contributed by atoms with E-state index < -0.39 is 24.2 Å². The highest BCUT2D eigenvalue weighted by Crippen LogP contribution is 2.30. The first kappa shape index (κ1) is 21.6. The lowest BCUT2D eigenvalue weighted by atomic mass is 10.1. The van der Waals surface area contributed by atoms with Gasteiger partial charge in [-0.25, -0.2) is 4.98 Å². The number of aromatic nitrogens is 3. The number of nitrogen functional groups attached to an aromatic ring is 1. The Morgan fingerprint density at radius 2 is 2.00 bits per heavy atom. The van der Waals surface area contributed by atoms with Crippen molar-refractivity contribution in [3.8, 4) is 11.8 Å². The summed E-state index contributed by atoms with van der Waals surface area (Å²) in [5.41, 5.74) is 7.56. The van der Waals surface area contributed by atoms with E-state index in [0.717, 1.165) is 16.3 Å². The summed E-state index contributed by atoms with van der Waals surface area (Å²) in [5, 5.41) is 33.7. The van der Waals surface area contributed by atoms with Gasteiger partial charge < -0.3 is 26.4 Å². The maximum absolute atomic E-state index is 10.3. The van der Waals surface area contributed by atoms with Crippen molar-refractivity contribution >= 4 is 35.1 Å². The van der Waals surface area contributed by atoms with Crippen LogP contribution in [0, 0.1) is 24.7 Å². The van der Waals surface area contributed by atoms with E-state index in [0.29, 0.717) is 12.0 Å². The predicted octanol–water partition coefficient (Wildman–Crippen LogP) is 1.05. The number of thioether (sulfide) groups is 1.